The van der Waals surface area contributed by atoms with Crippen LogP contribution in [0, 0.1) is 0 Å². The molecule has 0 aromatic carbocycles. The number of hydrogen-bond donors (Lipinski definition) is 0. The first-order valence-corrected chi connectivity index (χ1v) is 4.47. The van der Waals surface area contributed by atoms with Gasteiger partial charge in [0, 0.05) is 6.04 Å². The molecule has 0 N–H and O–H groups in total. The highest BCUT2D eigenvalue weighted by Gasteiger charge is 2.37. The third-order valence-corrected chi connectivity index (χ3v) is 2.42. The van der Waals surface area contributed by atoms with Crippen LogP contribution in [-0.2, 0) is 0 Å². The summed E-state index contributed by atoms with van der Waals surface area (Å²) in [5.74, 6) is 0. The van der Waals surface area contributed by atoms with Crippen LogP contribution in [0.25, 0.3) is 0 Å². The van der Waals surface area contributed by atoms with Gasteiger partial charge in [-0.25, -0.2) is 0 Å². The highest BCUT2D eigenvalue weighted by Crippen LogP contribution is 2.33. The molecule has 60 valence electrons. The van der Waals surface area contributed by atoms with Crippen molar-refractivity contribution in [3.8, 4) is 0 Å². The summed E-state index contributed by atoms with van der Waals surface area (Å²) in [5, 5.41) is 8.69. The Balaban J connectivity index is 2.10. The zero-order valence-electron chi connectivity index (χ0n) is 6.53. The smallest absolute Gasteiger partial charge is 0.218 e. The first-order chi connectivity index (χ1) is 5.33. The number of thiocarbonyl (C=S) groups is 1. The van der Waals surface area contributed by atoms with Gasteiger partial charge in [-0.3, -0.25) is 0 Å². The fourth-order valence-electron chi connectivity index (χ4n) is 1.38. The third-order valence-electron chi connectivity index (χ3n) is 2.12. The molecule has 0 aromatic rings. The molecule has 2 aliphatic rings. The number of azo groups is 1. The second-order valence-corrected chi connectivity index (χ2v) is 3.39. The van der Waals surface area contributed by atoms with Crippen molar-refractivity contribution in [3.63, 3.8) is 0 Å². The highest BCUT2D eigenvalue weighted by molar-refractivity contribution is 7.80. The molecule has 2 rings (SSSR count). The molecule has 0 aromatic heterocycles. The first-order valence-electron chi connectivity index (χ1n) is 4.06. The molecule has 1 aliphatic heterocycles. The van der Waals surface area contributed by atoms with Crippen LogP contribution < -0.4 is 0 Å². The first kappa shape index (κ1) is 7.16. The minimum Gasteiger partial charge on any atom is -0.319 e. The maximum Gasteiger partial charge on any atom is 0.218 e. The quantitative estimate of drug-likeness (QED) is 0.591. The second kappa shape index (κ2) is 2.52. The molecule has 1 unspecified atom stereocenters. The van der Waals surface area contributed by atoms with E-state index in [2.05, 4.69) is 22.1 Å². The van der Waals surface area contributed by atoms with Crippen molar-refractivity contribution in [2.45, 2.75) is 38.4 Å². The summed E-state index contributed by atoms with van der Waals surface area (Å²) in [4.78, 5) is 2.18. The zero-order chi connectivity index (χ0) is 7.84. The van der Waals surface area contributed by atoms with E-state index in [4.69, 9.17) is 12.2 Å². The highest BCUT2D eigenvalue weighted by atomic mass is 32.1. The number of nitrogens with zero attached hydrogens (tertiary/aromatic N) is 3. The monoisotopic (exact) mass is 169 g/mol. The fourth-order valence-corrected chi connectivity index (χ4v) is 1.70. The van der Waals surface area contributed by atoms with Crippen molar-refractivity contribution >= 4 is 17.3 Å². The molecule has 11 heavy (non-hydrogen) atoms. The molecular weight excluding hydrogens is 158 g/mol. The summed E-state index contributed by atoms with van der Waals surface area (Å²) in [5.41, 5.74) is 0. The van der Waals surface area contributed by atoms with Gasteiger partial charge in [-0.05, 0) is 31.5 Å². The molecule has 1 heterocycles. The van der Waals surface area contributed by atoms with E-state index < -0.39 is 0 Å². The lowest BCUT2D eigenvalue weighted by atomic mass is 10.3. The predicted molar refractivity (Wildman–Crippen MR) is 46.4 cm³/mol. The van der Waals surface area contributed by atoms with Gasteiger partial charge in [-0.1, -0.05) is 6.92 Å². The summed E-state index contributed by atoms with van der Waals surface area (Å²) in [7, 11) is 0. The van der Waals surface area contributed by atoms with Gasteiger partial charge in [0.05, 0.1) is 0 Å². The van der Waals surface area contributed by atoms with Crippen molar-refractivity contribution in [1.29, 1.82) is 0 Å². The molecule has 0 bridgehead atoms. The van der Waals surface area contributed by atoms with Gasteiger partial charge in [0.1, 0.15) is 6.17 Å². The molecule has 1 saturated carbocycles. The van der Waals surface area contributed by atoms with Crippen LogP contribution in [0.2, 0.25) is 0 Å². The van der Waals surface area contributed by atoms with Crippen LogP contribution in [0.4, 0.5) is 0 Å². The average Bonchev–Trinajstić information content (AvgIpc) is 2.76. The molecule has 1 atom stereocenters. The maximum absolute atomic E-state index is 5.07. The van der Waals surface area contributed by atoms with Gasteiger partial charge in [0.25, 0.3) is 0 Å². The Morgan fingerprint density at radius 3 is 2.91 bits per heavy atom. The lowest BCUT2D eigenvalue weighted by Crippen LogP contribution is -2.34. The van der Waals surface area contributed by atoms with Crippen LogP contribution in [-0.4, -0.2) is 22.2 Å². The van der Waals surface area contributed by atoms with Gasteiger partial charge in [0.2, 0.25) is 5.11 Å². The van der Waals surface area contributed by atoms with E-state index in [0.717, 1.165) is 6.42 Å². The summed E-state index contributed by atoms with van der Waals surface area (Å²) in [6.45, 7) is 2.12. The van der Waals surface area contributed by atoms with Gasteiger partial charge in [-0.2, -0.15) is 5.11 Å². The fraction of sp³-hybridized carbons (Fsp3) is 0.857. The van der Waals surface area contributed by atoms with Crippen LogP contribution in [0.3, 0.4) is 0 Å². The van der Waals surface area contributed by atoms with E-state index in [0.29, 0.717) is 11.2 Å². The molecule has 0 spiro atoms. The summed E-state index contributed by atoms with van der Waals surface area (Å²) >= 11 is 5.07. The van der Waals surface area contributed by atoms with E-state index in [1.807, 2.05) is 0 Å². The van der Waals surface area contributed by atoms with Crippen LogP contribution >= 0.6 is 12.2 Å². The van der Waals surface area contributed by atoms with Crippen molar-refractivity contribution in [1.82, 2.24) is 4.90 Å². The Morgan fingerprint density at radius 1 is 1.64 bits per heavy atom. The Bertz CT molecular complexity index is 210. The lowest BCUT2D eigenvalue weighted by Gasteiger charge is -2.20. The van der Waals surface area contributed by atoms with Crippen molar-refractivity contribution in [2.24, 2.45) is 10.2 Å². The predicted octanol–water partition coefficient (Wildman–Crippen LogP) is 1.94. The van der Waals surface area contributed by atoms with Crippen LogP contribution in [0.1, 0.15) is 26.2 Å². The number of hydrogen-bond acceptors (Lipinski definition) is 2. The second-order valence-electron chi connectivity index (χ2n) is 3.03. The Kier molecular flexibility index (Phi) is 1.64. The number of rotatable bonds is 2. The third kappa shape index (κ3) is 1.15. The maximum atomic E-state index is 5.07. The molecule has 0 saturated heterocycles. The lowest BCUT2D eigenvalue weighted by molar-refractivity contribution is 0.323. The Morgan fingerprint density at radius 2 is 2.36 bits per heavy atom. The van der Waals surface area contributed by atoms with Crippen LogP contribution in [0.15, 0.2) is 10.2 Å². The molecule has 1 aliphatic carbocycles. The average molecular weight is 169 g/mol. The van der Waals surface area contributed by atoms with Crippen molar-refractivity contribution < 1.29 is 0 Å². The van der Waals surface area contributed by atoms with Gasteiger partial charge < -0.3 is 4.90 Å². The van der Waals surface area contributed by atoms with Crippen LogP contribution in [0.5, 0.6) is 0 Å². The van der Waals surface area contributed by atoms with Gasteiger partial charge >= 0.3 is 0 Å². The van der Waals surface area contributed by atoms with E-state index in [9.17, 15) is 0 Å². The van der Waals surface area contributed by atoms with E-state index in [1.54, 1.807) is 0 Å². The summed E-state index contributed by atoms with van der Waals surface area (Å²) in [6, 6.07) is 0.655. The van der Waals surface area contributed by atoms with E-state index in [-0.39, 0.29) is 6.17 Å². The molecular formula is C7H11N3S. The Hall–Kier alpha value is -0.510. The van der Waals surface area contributed by atoms with Crippen molar-refractivity contribution in [2.75, 3.05) is 0 Å². The molecule has 0 amide bonds. The topological polar surface area (TPSA) is 28.0 Å². The zero-order valence-corrected chi connectivity index (χ0v) is 7.34. The minimum absolute atomic E-state index is 0.245. The van der Waals surface area contributed by atoms with E-state index in [1.165, 1.54) is 12.8 Å². The van der Waals surface area contributed by atoms with Gasteiger partial charge in [0.15, 0.2) is 0 Å². The standard InChI is InChI=1S/C7H11N3S/c1-2-6-8-9-7(11)10(6)5-3-4-5/h5-6H,2-4H2,1H3. The largest absolute Gasteiger partial charge is 0.319 e. The van der Waals surface area contributed by atoms with Crippen molar-refractivity contribution in [3.05, 3.63) is 0 Å². The summed E-state index contributed by atoms with van der Waals surface area (Å²) in [6.07, 6.45) is 3.79. The molecule has 3 nitrogen and oxygen atoms in total. The minimum atomic E-state index is 0.245. The Labute approximate surface area is 71.5 Å². The van der Waals surface area contributed by atoms with E-state index >= 15 is 0 Å². The SMILES string of the molecule is CCC1N=NC(=S)N1C1CC1. The van der Waals surface area contributed by atoms with Gasteiger partial charge in [-0.15, -0.1) is 5.11 Å². The summed E-state index contributed by atoms with van der Waals surface area (Å²) < 4.78 is 0. The molecule has 0 radical (unpaired) electrons. The molecule has 4 heteroatoms. The molecule has 1 fully saturated rings. The normalized spacial score (nSPS) is 30.1.